The van der Waals surface area contributed by atoms with Crippen molar-refractivity contribution in [1.82, 2.24) is 15.1 Å². The van der Waals surface area contributed by atoms with E-state index in [0.29, 0.717) is 12.3 Å². The van der Waals surface area contributed by atoms with Crippen molar-refractivity contribution in [2.24, 2.45) is 0 Å². The summed E-state index contributed by atoms with van der Waals surface area (Å²) in [5.74, 6) is 0.260. The largest absolute Gasteiger partial charge is 0.355 e. The molecule has 0 fully saturated rings. The highest BCUT2D eigenvalue weighted by molar-refractivity contribution is 8.03. The summed E-state index contributed by atoms with van der Waals surface area (Å²) in [7, 11) is 0. The Bertz CT molecular complexity index is 615. The van der Waals surface area contributed by atoms with Crippen molar-refractivity contribution in [3.63, 3.8) is 0 Å². The fraction of sp³-hybridized carbons (Fsp3) is 0.500. The van der Waals surface area contributed by atoms with Crippen LogP contribution in [0.1, 0.15) is 32.3 Å². The number of amides is 2. The van der Waals surface area contributed by atoms with E-state index >= 15 is 0 Å². The molecule has 0 atom stereocenters. The highest BCUT2D eigenvalue weighted by atomic mass is 32.2. The highest BCUT2D eigenvalue weighted by Gasteiger charge is 2.25. The number of nitrogens with zero attached hydrogens (tertiary/aromatic N) is 2. The van der Waals surface area contributed by atoms with Crippen LogP contribution in [0.5, 0.6) is 0 Å². The van der Waals surface area contributed by atoms with E-state index in [4.69, 9.17) is 0 Å². The Hall–Kier alpha value is -1.79. The minimum absolute atomic E-state index is 0.0203. The second-order valence-corrected chi connectivity index (χ2v) is 7.10. The van der Waals surface area contributed by atoms with E-state index in [0.717, 1.165) is 43.7 Å². The first-order valence-electron chi connectivity index (χ1n) is 9.32. The third kappa shape index (κ3) is 6.18. The molecule has 1 aliphatic heterocycles. The summed E-state index contributed by atoms with van der Waals surface area (Å²) in [5, 5.41) is 4.91. The molecule has 0 radical (unpaired) electrons. The summed E-state index contributed by atoms with van der Waals surface area (Å²) in [5.41, 5.74) is 1.77. The number of benzene rings is 1. The Morgan fingerprint density at radius 2 is 1.92 bits per heavy atom. The number of hydrogen-bond donors (Lipinski definition) is 1. The summed E-state index contributed by atoms with van der Waals surface area (Å²) in [6, 6.07) is 9.74. The smallest absolute Gasteiger partial charge is 0.240 e. The molecule has 26 heavy (non-hydrogen) atoms. The lowest BCUT2D eigenvalue weighted by molar-refractivity contribution is -0.131. The van der Waals surface area contributed by atoms with Crippen molar-refractivity contribution in [1.29, 1.82) is 0 Å². The molecule has 0 bridgehead atoms. The molecule has 1 heterocycles. The van der Waals surface area contributed by atoms with Crippen molar-refractivity contribution < 1.29 is 9.59 Å². The molecule has 0 saturated carbocycles. The molecule has 0 aliphatic carbocycles. The molecule has 0 spiro atoms. The minimum Gasteiger partial charge on any atom is -0.355 e. The van der Waals surface area contributed by atoms with Gasteiger partial charge < -0.3 is 15.1 Å². The first kappa shape index (κ1) is 20.5. The molecule has 1 aromatic carbocycles. The summed E-state index contributed by atoms with van der Waals surface area (Å²) < 4.78 is 0. The number of carbonyl (C=O) groups is 2. The molecule has 142 valence electrons. The van der Waals surface area contributed by atoms with Crippen LogP contribution >= 0.6 is 11.8 Å². The quantitative estimate of drug-likeness (QED) is 0.639. The van der Waals surface area contributed by atoms with Gasteiger partial charge in [-0.3, -0.25) is 9.59 Å². The molecule has 1 aromatic rings. The molecule has 0 saturated heterocycles. The van der Waals surface area contributed by atoms with Gasteiger partial charge in [-0.25, -0.2) is 0 Å². The van der Waals surface area contributed by atoms with Gasteiger partial charge in [-0.05, 0) is 43.4 Å². The lowest BCUT2D eigenvalue weighted by Crippen LogP contribution is -2.41. The van der Waals surface area contributed by atoms with Gasteiger partial charge >= 0.3 is 0 Å². The van der Waals surface area contributed by atoms with Crippen LogP contribution < -0.4 is 5.32 Å². The average molecular weight is 376 g/mol. The molecule has 5 nitrogen and oxygen atoms in total. The first-order valence-corrected chi connectivity index (χ1v) is 10.4. The number of carbonyl (C=O) groups excluding carboxylic acids is 2. The van der Waals surface area contributed by atoms with Crippen LogP contribution in [0.2, 0.25) is 0 Å². The van der Waals surface area contributed by atoms with Gasteiger partial charge in [-0.2, -0.15) is 0 Å². The molecular formula is C20H29N3O2S. The zero-order chi connectivity index (χ0) is 18.8. The molecule has 0 aromatic heterocycles. The Morgan fingerprint density at radius 1 is 1.19 bits per heavy atom. The fourth-order valence-corrected chi connectivity index (χ4v) is 3.70. The lowest BCUT2D eigenvalue weighted by atomic mass is 10.1. The maximum Gasteiger partial charge on any atom is 0.240 e. The summed E-state index contributed by atoms with van der Waals surface area (Å²) in [4.78, 5) is 28.6. The van der Waals surface area contributed by atoms with Crippen LogP contribution in [0.15, 0.2) is 35.7 Å². The predicted octanol–water partition coefficient (Wildman–Crippen LogP) is 2.80. The number of nitrogens with one attached hydrogen (secondary N) is 1. The molecular weight excluding hydrogens is 346 g/mol. The second kappa shape index (κ2) is 11.0. The molecule has 0 unspecified atom stereocenters. The zero-order valence-corrected chi connectivity index (χ0v) is 16.6. The number of unbranched alkanes of at least 4 members (excludes halogenated alkanes) is 1. The Kier molecular flexibility index (Phi) is 8.71. The first-order chi connectivity index (χ1) is 12.7. The normalized spacial score (nSPS) is 14.5. The van der Waals surface area contributed by atoms with Gasteiger partial charge in [0, 0.05) is 6.54 Å². The zero-order valence-electron chi connectivity index (χ0n) is 15.7. The van der Waals surface area contributed by atoms with Gasteiger partial charge in [0.05, 0.1) is 11.4 Å². The van der Waals surface area contributed by atoms with E-state index in [1.54, 1.807) is 4.90 Å². The van der Waals surface area contributed by atoms with Crippen LogP contribution in [-0.2, 0) is 9.59 Å². The van der Waals surface area contributed by atoms with Gasteiger partial charge in [0.1, 0.15) is 6.54 Å². The number of thioether (sulfide) groups is 1. The molecule has 2 rings (SSSR count). The monoisotopic (exact) mass is 375 g/mol. The van der Waals surface area contributed by atoms with E-state index in [2.05, 4.69) is 24.1 Å². The summed E-state index contributed by atoms with van der Waals surface area (Å²) >= 11 is 1.48. The van der Waals surface area contributed by atoms with E-state index < -0.39 is 0 Å². The molecule has 6 heteroatoms. The van der Waals surface area contributed by atoms with Gasteiger partial charge in [0.2, 0.25) is 11.8 Å². The summed E-state index contributed by atoms with van der Waals surface area (Å²) in [6.45, 7) is 8.25. The van der Waals surface area contributed by atoms with E-state index in [9.17, 15) is 9.59 Å². The Labute approximate surface area is 160 Å². The SMILES string of the molecule is CCN(CC)CCCCNC(=O)CN1C(=O)CSC=C1c1ccccc1. The van der Waals surface area contributed by atoms with Gasteiger partial charge in [-0.15, -0.1) is 11.8 Å². The number of hydrogen-bond acceptors (Lipinski definition) is 4. The van der Waals surface area contributed by atoms with Gasteiger partial charge in [0.15, 0.2) is 0 Å². The molecule has 1 aliphatic rings. The third-order valence-corrected chi connectivity index (χ3v) is 5.29. The van der Waals surface area contributed by atoms with Crippen LogP contribution in [0.4, 0.5) is 0 Å². The second-order valence-electron chi connectivity index (χ2n) is 6.24. The fourth-order valence-electron chi connectivity index (χ4n) is 2.90. The van der Waals surface area contributed by atoms with E-state index in [-0.39, 0.29) is 18.4 Å². The third-order valence-electron chi connectivity index (χ3n) is 4.48. The van der Waals surface area contributed by atoms with Crippen molar-refractivity contribution in [3.05, 3.63) is 41.3 Å². The van der Waals surface area contributed by atoms with Crippen molar-refractivity contribution in [2.75, 3.05) is 38.5 Å². The maximum absolute atomic E-state index is 12.3. The standard InChI is InChI=1S/C20H29N3O2S/c1-3-22(4-2)13-9-8-12-21-19(24)14-23-18(15-26-16-20(23)25)17-10-6-5-7-11-17/h5-7,10-11,15H,3-4,8-9,12-14,16H2,1-2H3,(H,21,24). The maximum atomic E-state index is 12.3. The molecule has 1 N–H and O–H groups in total. The highest BCUT2D eigenvalue weighted by Crippen LogP contribution is 2.27. The van der Waals surface area contributed by atoms with E-state index in [1.165, 1.54) is 11.8 Å². The summed E-state index contributed by atoms with van der Waals surface area (Å²) in [6.07, 6.45) is 2.02. The van der Waals surface area contributed by atoms with Crippen LogP contribution in [0.3, 0.4) is 0 Å². The average Bonchev–Trinajstić information content (AvgIpc) is 2.67. The van der Waals surface area contributed by atoms with Crippen molar-refractivity contribution in [3.8, 4) is 0 Å². The predicted molar refractivity (Wildman–Crippen MR) is 109 cm³/mol. The Morgan fingerprint density at radius 3 is 2.62 bits per heavy atom. The van der Waals surface area contributed by atoms with Crippen LogP contribution in [0, 0.1) is 0 Å². The van der Waals surface area contributed by atoms with Crippen LogP contribution in [-0.4, -0.2) is 60.1 Å². The Balaban J connectivity index is 1.82. The minimum atomic E-state index is -0.102. The number of rotatable bonds is 10. The lowest BCUT2D eigenvalue weighted by Gasteiger charge is -2.28. The van der Waals surface area contributed by atoms with Gasteiger partial charge in [0.25, 0.3) is 0 Å². The topological polar surface area (TPSA) is 52.7 Å². The van der Waals surface area contributed by atoms with Crippen molar-refractivity contribution >= 4 is 29.3 Å². The molecule has 2 amide bonds. The van der Waals surface area contributed by atoms with Crippen LogP contribution in [0.25, 0.3) is 5.70 Å². The van der Waals surface area contributed by atoms with Crippen molar-refractivity contribution in [2.45, 2.75) is 26.7 Å². The van der Waals surface area contributed by atoms with E-state index in [1.807, 2.05) is 35.7 Å². The van der Waals surface area contributed by atoms with Gasteiger partial charge in [-0.1, -0.05) is 44.2 Å².